The van der Waals surface area contributed by atoms with E-state index in [1.807, 2.05) is 0 Å². The van der Waals surface area contributed by atoms with Crippen LogP contribution in [0.3, 0.4) is 0 Å². The Hall–Kier alpha value is -0.760. The van der Waals surface area contributed by atoms with E-state index in [2.05, 4.69) is 35.4 Å². The minimum Gasteiger partial charge on any atom is -0.357 e. The van der Waals surface area contributed by atoms with Crippen molar-refractivity contribution in [2.45, 2.75) is 45.1 Å². The number of nitrogens with zero attached hydrogens (tertiary/aromatic N) is 1. The average molecular weight is 220 g/mol. The topological polar surface area (TPSA) is 17.0 Å². The molecule has 2 rings (SSSR count). The molecule has 0 unspecified atom stereocenters. The summed E-state index contributed by atoms with van der Waals surface area (Å²) in [5.41, 5.74) is 1.39. The third kappa shape index (κ3) is 3.67. The van der Waals surface area contributed by atoms with Gasteiger partial charge in [-0.3, -0.25) is 0 Å². The fraction of sp³-hybridized carbons (Fsp3) is 0.714. The fourth-order valence-electron chi connectivity index (χ4n) is 2.71. The van der Waals surface area contributed by atoms with Crippen LogP contribution in [0.15, 0.2) is 18.5 Å². The molecule has 2 heteroatoms. The molecule has 1 aromatic rings. The zero-order valence-electron chi connectivity index (χ0n) is 10.4. The minimum absolute atomic E-state index is 1.02. The molecule has 1 aliphatic rings. The van der Waals surface area contributed by atoms with E-state index in [0.29, 0.717) is 0 Å². The van der Waals surface area contributed by atoms with Gasteiger partial charge in [-0.05, 0) is 36.9 Å². The molecule has 16 heavy (non-hydrogen) atoms. The van der Waals surface area contributed by atoms with Crippen LogP contribution in [0.1, 0.15) is 44.1 Å². The standard InChI is InChI=1S/C14H24N2/c1-16-10-8-14(12-16)11-15-9-4-7-13-5-2-3-6-13/h8,10,12-13,15H,2-7,9,11H2,1H3. The van der Waals surface area contributed by atoms with Crippen LogP contribution in [0.5, 0.6) is 0 Å². The highest BCUT2D eigenvalue weighted by atomic mass is 14.9. The lowest BCUT2D eigenvalue weighted by Gasteiger charge is -2.08. The molecule has 0 amide bonds. The summed E-state index contributed by atoms with van der Waals surface area (Å²) in [6.07, 6.45) is 13.0. The first-order valence-electron chi connectivity index (χ1n) is 6.66. The maximum Gasteiger partial charge on any atom is 0.0220 e. The van der Waals surface area contributed by atoms with E-state index in [0.717, 1.165) is 12.5 Å². The summed E-state index contributed by atoms with van der Waals surface area (Å²) in [6, 6.07) is 2.18. The van der Waals surface area contributed by atoms with Gasteiger partial charge in [-0.2, -0.15) is 0 Å². The van der Waals surface area contributed by atoms with Crippen LogP contribution in [-0.4, -0.2) is 11.1 Å². The highest BCUT2D eigenvalue weighted by molar-refractivity contribution is 5.09. The maximum atomic E-state index is 3.53. The molecule has 2 nitrogen and oxygen atoms in total. The lowest BCUT2D eigenvalue weighted by atomic mass is 10.0. The van der Waals surface area contributed by atoms with Gasteiger partial charge >= 0.3 is 0 Å². The second kappa shape index (κ2) is 6.09. The van der Waals surface area contributed by atoms with Crippen LogP contribution in [0, 0.1) is 5.92 Å². The smallest absolute Gasteiger partial charge is 0.0220 e. The Morgan fingerprint density at radius 1 is 1.38 bits per heavy atom. The van der Waals surface area contributed by atoms with Gasteiger partial charge in [0.1, 0.15) is 0 Å². The van der Waals surface area contributed by atoms with Crippen LogP contribution < -0.4 is 5.32 Å². The highest BCUT2D eigenvalue weighted by Crippen LogP contribution is 2.28. The molecule has 90 valence electrons. The lowest BCUT2D eigenvalue weighted by Crippen LogP contribution is -2.15. The van der Waals surface area contributed by atoms with Crippen LogP contribution in [0.25, 0.3) is 0 Å². The van der Waals surface area contributed by atoms with Crippen molar-refractivity contribution in [3.05, 3.63) is 24.0 Å². The Kier molecular flexibility index (Phi) is 4.46. The van der Waals surface area contributed by atoms with E-state index in [1.165, 1.54) is 50.6 Å². The van der Waals surface area contributed by atoms with Crippen molar-refractivity contribution < 1.29 is 0 Å². The number of aromatic nitrogens is 1. The van der Waals surface area contributed by atoms with Crippen LogP contribution in [0.2, 0.25) is 0 Å². The average Bonchev–Trinajstić information content (AvgIpc) is 2.89. The Balaban J connectivity index is 1.51. The van der Waals surface area contributed by atoms with E-state index >= 15 is 0 Å². The van der Waals surface area contributed by atoms with E-state index in [9.17, 15) is 0 Å². The number of hydrogen-bond donors (Lipinski definition) is 1. The van der Waals surface area contributed by atoms with E-state index < -0.39 is 0 Å². The summed E-state index contributed by atoms with van der Waals surface area (Å²) in [5, 5.41) is 3.53. The number of rotatable bonds is 6. The molecule has 1 aliphatic carbocycles. The molecule has 1 fully saturated rings. The van der Waals surface area contributed by atoms with Crippen molar-refractivity contribution in [1.82, 2.24) is 9.88 Å². The zero-order valence-corrected chi connectivity index (χ0v) is 10.4. The number of nitrogens with one attached hydrogen (secondary N) is 1. The molecular weight excluding hydrogens is 196 g/mol. The van der Waals surface area contributed by atoms with Crippen molar-refractivity contribution in [2.75, 3.05) is 6.54 Å². The molecule has 0 saturated heterocycles. The lowest BCUT2D eigenvalue weighted by molar-refractivity contribution is 0.470. The first kappa shape index (κ1) is 11.7. The first-order valence-corrected chi connectivity index (χ1v) is 6.66. The van der Waals surface area contributed by atoms with Crippen molar-refractivity contribution in [1.29, 1.82) is 0 Å². The van der Waals surface area contributed by atoms with Gasteiger partial charge in [-0.1, -0.05) is 25.7 Å². The molecule has 0 bridgehead atoms. The first-order chi connectivity index (χ1) is 7.84. The summed E-state index contributed by atoms with van der Waals surface area (Å²) in [6.45, 7) is 2.19. The molecule has 0 aliphatic heterocycles. The maximum absolute atomic E-state index is 3.53. The Labute approximate surface area is 99.0 Å². The summed E-state index contributed by atoms with van der Waals surface area (Å²) in [7, 11) is 2.07. The Morgan fingerprint density at radius 2 is 2.19 bits per heavy atom. The second-order valence-electron chi connectivity index (χ2n) is 5.15. The SMILES string of the molecule is Cn1ccc(CNCCCC2CCCC2)c1. The Morgan fingerprint density at radius 3 is 2.88 bits per heavy atom. The van der Waals surface area contributed by atoms with Crippen molar-refractivity contribution in [2.24, 2.45) is 13.0 Å². The van der Waals surface area contributed by atoms with Crippen molar-refractivity contribution in [3.63, 3.8) is 0 Å². The largest absolute Gasteiger partial charge is 0.357 e. The normalized spacial score (nSPS) is 17.1. The number of hydrogen-bond acceptors (Lipinski definition) is 1. The van der Waals surface area contributed by atoms with Gasteiger partial charge in [-0.25, -0.2) is 0 Å². The summed E-state index contributed by atoms with van der Waals surface area (Å²) in [5.74, 6) is 1.04. The van der Waals surface area contributed by atoms with Gasteiger partial charge in [-0.15, -0.1) is 0 Å². The second-order valence-corrected chi connectivity index (χ2v) is 5.15. The van der Waals surface area contributed by atoms with Gasteiger partial charge in [0.25, 0.3) is 0 Å². The van der Waals surface area contributed by atoms with Crippen LogP contribution in [-0.2, 0) is 13.6 Å². The van der Waals surface area contributed by atoms with Gasteiger partial charge in [0.2, 0.25) is 0 Å². The molecule has 1 saturated carbocycles. The fourth-order valence-corrected chi connectivity index (χ4v) is 2.71. The molecule has 0 atom stereocenters. The van der Waals surface area contributed by atoms with Gasteiger partial charge in [0, 0.05) is 26.0 Å². The van der Waals surface area contributed by atoms with E-state index in [4.69, 9.17) is 0 Å². The van der Waals surface area contributed by atoms with Gasteiger partial charge in [0.15, 0.2) is 0 Å². The molecule has 0 radical (unpaired) electrons. The predicted octanol–water partition coefficient (Wildman–Crippen LogP) is 3.09. The van der Waals surface area contributed by atoms with E-state index in [1.54, 1.807) is 0 Å². The number of aryl methyl sites for hydroxylation is 1. The minimum atomic E-state index is 1.02. The third-order valence-corrected chi connectivity index (χ3v) is 3.66. The van der Waals surface area contributed by atoms with Crippen LogP contribution >= 0.6 is 0 Å². The molecule has 1 N–H and O–H groups in total. The van der Waals surface area contributed by atoms with Crippen molar-refractivity contribution in [3.8, 4) is 0 Å². The zero-order chi connectivity index (χ0) is 11.2. The summed E-state index contributed by atoms with van der Waals surface area (Å²) in [4.78, 5) is 0. The molecule has 0 spiro atoms. The monoisotopic (exact) mass is 220 g/mol. The molecule has 1 aromatic heterocycles. The highest BCUT2D eigenvalue weighted by Gasteiger charge is 2.13. The van der Waals surface area contributed by atoms with Crippen molar-refractivity contribution >= 4 is 0 Å². The predicted molar refractivity (Wildman–Crippen MR) is 68.3 cm³/mol. The Bertz CT molecular complexity index is 297. The molecular formula is C14H24N2. The van der Waals surface area contributed by atoms with E-state index in [-0.39, 0.29) is 0 Å². The quantitative estimate of drug-likeness (QED) is 0.729. The summed E-state index contributed by atoms with van der Waals surface area (Å²) >= 11 is 0. The van der Waals surface area contributed by atoms with Gasteiger partial charge < -0.3 is 9.88 Å². The molecule has 0 aromatic carbocycles. The third-order valence-electron chi connectivity index (χ3n) is 3.66. The van der Waals surface area contributed by atoms with Gasteiger partial charge in [0.05, 0.1) is 0 Å². The summed E-state index contributed by atoms with van der Waals surface area (Å²) < 4.78 is 2.11. The van der Waals surface area contributed by atoms with Crippen LogP contribution in [0.4, 0.5) is 0 Å². The molecule has 1 heterocycles.